The van der Waals surface area contributed by atoms with Crippen LogP contribution in [0.5, 0.6) is 0 Å². The monoisotopic (exact) mass is 289 g/mol. The number of sulfonamides is 1. The second kappa shape index (κ2) is 4.31. The maximum absolute atomic E-state index is 12.0. The van der Waals surface area contributed by atoms with Crippen LogP contribution < -0.4 is 16.0 Å². The number of H-pyrrole nitrogens is 2. The van der Waals surface area contributed by atoms with Crippen LogP contribution in [0.3, 0.4) is 0 Å². The van der Waals surface area contributed by atoms with Crippen LogP contribution in [0, 0.1) is 0 Å². The van der Waals surface area contributed by atoms with E-state index < -0.39 is 37.7 Å². The van der Waals surface area contributed by atoms with Gasteiger partial charge in [-0.25, -0.2) is 13.2 Å². The summed E-state index contributed by atoms with van der Waals surface area (Å²) in [7, 11) is -4.32. The van der Waals surface area contributed by atoms with Crippen molar-refractivity contribution in [1.29, 1.82) is 0 Å². The molecule has 1 fully saturated rings. The van der Waals surface area contributed by atoms with Crippen LogP contribution in [0.25, 0.3) is 0 Å². The highest BCUT2D eigenvalue weighted by Gasteiger charge is 2.48. The third kappa shape index (κ3) is 2.31. The summed E-state index contributed by atoms with van der Waals surface area (Å²) in [5.74, 6) is -1.29. The molecule has 1 saturated carbocycles. The third-order valence-corrected chi connectivity index (χ3v) is 4.56. The molecule has 4 N–H and O–H groups in total. The number of aliphatic carboxylic acids is 1. The first-order chi connectivity index (χ1) is 8.77. The van der Waals surface area contributed by atoms with Crippen molar-refractivity contribution >= 4 is 16.0 Å². The Morgan fingerprint density at radius 1 is 1.37 bits per heavy atom. The number of carboxylic acids is 1. The van der Waals surface area contributed by atoms with Crippen molar-refractivity contribution < 1.29 is 18.3 Å². The number of carboxylic acid groups (broad SMARTS) is 1. The van der Waals surface area contributed by atoms with Crippen molar-refractivity contribution in [2.24, 2.45) is 0 Å². The van der Waals surface area contributed by atoms with Gasteiger partial charge in [-0.2, -0.15) is 4.72 Å². The number of rotatable bonds is 4. The molecule has 9 nitrogen and oxygen atoms in total. The molecule has 0 atom stereocenters. The van der Waals surface area contributed by atoms with E-state index in [9.17, 15) is 22.8 Å². The number of hydrogen-bond acceptors (Lipinski definition) is 5. The van der Waals surface area contributed by atoms with Crippen molar-refractivity contribution in [3.8, 4) is 0 Å². The van der Waals surface area contributed by atoms with Gasteiger partial charge in [0.2, 0.25) is 10.0 Å². The maximum atomic E-state index is 12.0. The first-order valence-electron chi connectivity index (χ1n) is 5.36. The van der Waals surface area contributed by atoms with Gasteiger partial charge in [-0.1, -0.05) is 0 Å². The van der Waals surface area contributed by atoms with Crippen LogP contribution >= 0.6 is 0 Å². The summed E-state index contributed by atoms with van der Waals surface area (Å²) >= 11 is 0. The number of aromatic amines is 2. The quantitative estimate of drug-likeness (QED) is 0.521. The molecule has 0 saturated heterocycles. The summed E-state index contributed by atoms with van der Waals surface area (Å²) in [4.78, 5) is 36.4. The highest BCUT2D eigenvalue weighted by Crippen LogP contribution is 2.33. The van der Waals surface area contributed by atoms with Gasteiger partial charge in [0.25, 0.3) is 5.56 Å². The Balaban J connectivity index is 2.41. The van der Waals surface area contributed by atoms with E-state index in [0.29, 0.717) is 6.42 Å². The van der Waals surface area contributed by atoms with Gasteiger partial charge in [0.05, 0.1) is 0 Å². The van der Waals surface area contributed by atoms with Crippen LogP contribution in [0.15, 0.2) is 20.7 Å². The fraction of sp³-hybridized carbons (Fsp3) is 0.444. The van der Waals surface area contributed by atoms with Gasteiger partial charge in [-0.05, 0) is 19.3 Å². The van der Waals surface area contributed by atoms with E-state index in [0.717, 1.165) is 6.20 Å². The Morgan fingerprint density at radius 3 is 2.42 bits per heavy atom. The van der Waals surface area contributed by atoms with E-state index in [-0.39, 0.29) is 12.8 Å². The van der Waals surface area contributed by atoms with E-state index in [1.165, 1.54) is 0 Å². The van der Waals surface area contributed by atoms with E-state index >= 15 is 0 Å². The van der Waals surface area contributed by atoms with Crippen molar-refractivity contribution in [2.75, 3.05) is 0 Å². The molecule has 19 heavy (non-hydrogen) atoms. The highest BCUT2D eigenvalue weighted by molar-refractivity contribution is 7.89. The Hall–Kier alpha value is -1.94. The summed E-state index contributed by atoms with van der Waals surface area (Å²) in [5.41, 5.74) is -3.52. The van der Waals surface area contributed by atoms with Gasteiger partial charge in [-0.15, -0.1) is 0 Å². The summed E-state index contributed by atoms with van der Waals surface area (Å²) in [6, 6.07) is 0. The zero-order valence-electron chi connectivity index (χ0n) is 9.60. The minimum Gasteiger partial charge on any atom is -0.480 e. The predicted molar refractivity (Wildman–Crippen MR) is 62.2 cm³/mol. The Morgan fingerprint density at radius 2 is 2.00 bits per heavy atom. The second-order valence-corrected chi connectivity index (χ2v) is 5.93. The Bertz CT molecular complexity index is 727. The molecule has 0 amide bonds. The van der Waals surface area contributed by atoms with Crippen LogP contribution in [-0.4, -0.2) is 35.0 Å². The van der Waals surface area contributed by atoms with Gasteiger partial charge >= 0.3 is 11.7 Å². The van der Waals surface area contributed by atoms with Crippen molar-refractivity contribution in [1.82, 2.24) is 14.7 Å². The number of carbonyl (C=O) groups is 1. The van der Waals surface area contributed by atoms with Gasteiger partial charge in [-0.3, -0.25) is 14.6 Å². The predicted octanol–water partition coefficient (Wildman–Crippen LogP) is -1.65. The van der Waals surface area contributed by atoms with Gasteiger partial charge in [0, 0.05) is 6.20 Å². The molecular weight excluding hydrogens is 278 g/mol. The fourth-order valence-electron chi connectivity index (χ4n) is 1.80. The molecule has 1 heterocycles. The number of hydrogen-bond donors (Lipinski definition) is 4. The normalized spacial score (nSPS) is 17.7. The molecule has 104 valence electrons. The lowest BCUT2D eigenvalue weighted by atomic mass is 9.78. The SMILES string of the molecule is O=C(O)C1(NS(=O)(=O)c2c[nH]c(=O)[nH]c2=O)CCC1. The molecule has 0 aliphatic heterocycles. The highest BCUT2D eigenvalue weighted by atomic mass is 32.2. The molecule has 0 bridgehead atoms. The molecule has 0 spiro atoms. The standard InChI is InChI=1S/C9H11N3O6S/c13-6-5(4-10-8(16)11-6)19(17,18)12-9(7(14)15)2-1-3-9/h4,12H,1-3H2,(H,14,15)(H2,10,11,13,16). The first kappa shape index (κ1) is 13.5. The Labute approximate surface area is 106 Å². The van der Waals surface area contributed by atoms with Gasteiger partial charge < -0.3 is 10.1 Å². The molecule has 1 aliphatic rings. The molecule has 0 aromatic carbocycles. The number of nitrogens with one attached hydrogen (secondary N) is 3. The maximum Gasteiger partial charge on any atom is 0.325 e. The first-order valence-corrected chi connectivity index (χ1v) is 6.85. The second-order valence-electron chi connectivity index (χ2n) is 4.28. The fourth-order valence-corrected chi connectivity index (χ4v) is 3.22. The van der Waals surface area contributed by atoms with E-state index in [1.807, 2.05) is 9.71 Å². The van der Waals surface area contributed by atoms with Crippen molar-refractivity contribution in [3.63, 3.8) is 0 Å². The summed E-state index contributed by atoms with van der Waals surface area (Å²) in [6.45, 7) is 0. The van der Waals surface area contributed by atoms with Gasteiger partial charge in [0.15, 0.2) is 4.90 Å². The van der Waals surface area contributed by atoms with Crippen LogP contribution in [0.1, 0.15) is 19.3 Å². The summed E-state index contributed by atoms with van der Waals surface area (Å²) in [6.07, 6.45) is 1.63. The third-order valence-electron chi connectivity index (χ3n) is 3.02. The van der Waals surface area contributed by atoms with Crippen LogP contribution in [0.4, 0.5) is 0 Å². The lowest BCUT2D eigenvalue weighted by molar-refractivity contribution is -0.147. The van der Waals surface area contributed by atoms with E-state index in [4.69, 9.17) is 5.11 Å². The molecule has 1 aromatic heterocycles. The van der Waals surface area contributed by atoms with Crippen molar-refractivity contribution in [3.05, 3.63) is 27.0 Å². The zero-order chi connectivity index (χ0) is 14.3. The average Bonchev–Trinajstić information content (AvgIpc) is 2.22. The molecule has 10 heteroatoms. The van der Waals surface area contributed by atoms with Gasteiger partial charge in [0.1, 0.15) is 5.54 Å². The molecule has 2 rings (SSSR count). The molecular formula is C9H11N3O6S. The topological polar surface area (TPSA) is 149 Å². The molecule has 1 aromatic rings. The van der Waals surface area contributed by atoms with Crippen molar-refractivity contribution in [2.45, 2.75) is 29.7 Å². The van der Waals surface area contributed by atoms with E-state index in [1.54, 1.807) is 4.98 Å². The lowest BCUT2D eigenvalue weighted by Crippen LogP contribution is -2.59. The zero-order valence-corrected chi connectivity index (χ0v) is 10.4. The molecule has 0 radical (unpaired) electrons. The molecule has 0 unspecified atom stereocenters. The summed E-state index contributed by atoms with van der Waals surface area (Å²) < 4.78 is 25.9. The number of aromatic nitrogens is 2. The molecule has 1 aliphatic carbocycles. The smallest absolute Gasteiger partial charge is 0.325 e. The minimum atomic E-state index is -4.32. The van der Waals surface area contributed by atoms with E-state index in [2.05, 4.69) is 0 Å². The van der Waals surface area contributed by atoms with Crippen LogP contribution in [-0.2, 0) is 14.8 Å². The largest absolute Gasteiger partial charge is 0.480 e. The summed E-state index contributed by atoms with van der Waals surface area (Å²) in [5, 5.41) is 9.04. The lowest BCUT2D eigenvalue weighted by Gasteiger charge is -2.37. The Kier molecular flexibility index (Phi) is 3.06. The average molecular weight is 289 g/mol. The van der Waals surface area contributed by atoms with Crippen LogP contribution in [0.2, 0.25) is 0 Å². The minimum absolute atomic E-state index is 0.156.